The molecular weight excluding hydrogens is 226 g/mol. The van der Waals surface area contributed by atoms with Crippen molar-refractivity contribution < 1.29 is 18.3 Å². The molecule has 4 heteroatoms. The van der Waals surface area contributed by atoms with Crippen molar-refractivity contribution in [2.75, 3.05) is 0 Å². The molecule has 0 saturated carbocycles. The van der Waals surface area contributed by atoms with Crippen LogP contribution in [0.25, 0.3) is 0 Å². The number of hydrogen-bond donors (Lipinski definition) is 1. The maximum atomic E-state index is 13.1. The Balaban J connectivity index is 2.40. The Morgan fingerprint density at radius 2 is 1.82 bits per heavy atom. The molecule has 0 aliphatic heterocycles. The molecule has 2 aromatic rings. The van der Waals surface area contributed by atoms with Crippen LogP contribution in [0.4, 0.5) is 8.78 Å². The van der Waals surface area contributed by atoms with E-state index in [9.17, 15) is 13.9 Å². The Labute approximate surface area is 97.5 Å². The van der Waals surface area contributed by atoms with Crippen molar-refractivity contribution in [3.63, 3.8) is 0 Å². The minimum absolute atomic E-state index is 0.299. The van der Waals surface area contributed by atoms with Gasteiger partial charge in [-0.05, 0) is 37.6 Å². The predicted molar refractivity (Wildman–Crippen MR) is 58.6 cm³/mol. The van der Waals surface area contributed by atoms with Gasteiger partial charge in [-0.25, -0.2) is 8.78 Å². The Bertz CT molecular complexity index is 546. The summed E-state index contributed by atoms with van der Waals surface area (Å²) < 4.78 is 31.1. The molecule has 0 radical (unpaired) electrons. The monoisotopic (exact) mass is 238 g/mol. The summed E-state index contributed by atoms with van der Waals surface area (Å²) in [5.74, 6) is -0.667. The van der Waals surface area contributed by atoms with Crippen LogP contribution in [-0.4, -0.2) is 5.11 Å². The average Bonchev–Trinajstić information content (AvgIpc) is 2.61. The van der Waals surface area contributed by atoms with Crippen molar-refractivity contribution in [3.05, 3.63) is 58.5 Å². The lowest BCUT2D eigenvalue weighted by atomic mass is 10.0. The van der Waals surface area contributed by atoms with Gasteiger partial charge >= 0.3 is 0 Å². The molecule has 1 heterocycles. The SMILES string of the molecule is Cc1cc(C(O)c2ccc(F)c(F)c2)c(C)o1. The molecule has 2 rings (SSSR count). The molecule has 0 bridgehead atoms. The molecule has 1 aromatic heterocycles. The molecule has 0 fully saturated rings. The van der Waals surface area contributed by atoms with Crippen molar-refractivity contribution in [2.24, 2.45) is 0 Å². The molecule has 1 unspecified atom stereocenters. The number of aliphatic hydroxyl groups excluding tert-OH is 1. The minimum atomic E-state index is -1.01. The molecule has 0 amide bonds. The first-order valence-corrected chi connectivity index (χ1v) is 5.19. The maximum Gasteiger partial charge on any atom is 0.159 e. The first-order valence-electron chi connectivity index (χ1n) is 5.19. The second-order valence-corrected chi connectivity index (χ2v) is 3.94. The van der Waals surface area contributed by atoms with Gasteiger partial charge in [-0.15, -0.1) is 0 Å². The van der Waals surface area contributed by atoms with Crippen LogP contribution in [0.15, 0.2) is 28.7 Å². The maximum absolute atomic E-state index is 13.1. The Kier molecular flexibility index (Phi) is 2.98. The van der Waals surface area contributed by atoms with Gasteiger partial charge in [-0.3, -0.25) is 0 Å². The van der Waals surface area contributed by atoms with Crippen LogP contribution in [0.5, 0.6) is 0 Å². The van der Waals surface area contributed by atoms with E-state index in [1.165, 1.54) is 6.07 Å². The zero-order chi connectivity index (χ0) is 12.6. The number of rotatable bonds is 2. The topological polar surface area (TPSA) is 33.4 Å². The fraction of sp³-hybridized carbons (Fsp3) is 0.231. The average molecular weight is 238 g/mol. The molecular formula is C13H12F2O2. The third-order valence-electron chi connectivity index (χ3n) is 2.63. The van der Waals surface area contributed by atoms with E-state index in [4.69, 9.17) is 4.42 Å². The highest BCUT2D eigenvalue weighted by Gasteiger charge is 2.17. The summed E-state index contributed by atoms with van der Waals surface area (Å²) in [4.78, 5) is 0. The molecule has 0 saturated heterocycles. The first kappa shape index (κ1) is 11.8. The number of aryl methyl sites for hydroxylation is 2. The molecule has 1 aromatic carbocycles. The lowest BCUT2D eigenvalue weighted by Gasteiger charge is -2.10. The summed E-state index contributed by atoms with van der Waals surface area (Å²) in [5, 5.41) is 10.1. The molecule has 2 nitrogen and oxygen atoms in total. The van der Waals surface area contributed by atoms with Crippen molar-refractivity contribution >= 4 is 0 Å². The van der Waals surface area contributed by atoms with E-state index in [0.717, 1.165) is 12.1 Å². The third kappa shape index (κ3) is 2.22. The minimum Gasteiger partial charge on any atom is -0.466 e. The lowest BCUT2D eigenvalue weighted by molar-refractivity contribution is 0.217. The normalized spacial score (nSPS) is 12.8. The number of benzene rings is 1. The molecule has 17 heavy (non-hydrogen) atoms. The fourth-order valence-corrected chi connectivity index (χ4v) is 1.78. The summed E-state index contributed by atoms with van der Waals surface area (Å²) in [5.41, 5.74) is 0.862. The van der Waals surface area contributed by atoms with Crippen LogP contribution in [0.1, 0.15) is 28.8 Å². The van der Waals surface area contributed by atoms with Crippen LogP contribution >= 0.6 is 0 Å². The van der Waals surface area contributed by atoms with Crippen molar-refractivity contribution in [3.8, 4) is 0 Å². The largest absolute Gasteiger partial charge is 0.466 e. The Morgan fingerprint density at radius 3 is 2.35 bits per heavy atom. The van der Waals surface area contributed by atoms with Gasteiger partial charge in [0, 0.05) is 5.56 Å². The number of aliphatic hydroxyl groups is 1. The van der Waals surface area contributed by atoms with Crippen molar-refractivity contribution in [2.45, 2.75) is 20.0 Å². The first-order chi connectivity index (χ1) is 7.99. The zero-order valence-corrected chi connectivity index (χ0v) is 9.50. The van der Waals surface area contributed by atoms with Gasteiger partial charge in [-0.1, -0.05) is 6.07 Å². The molecule has 0 aliphatic rings. The van der Waals surface area contributed by atoms with Crippen LogP contribution < -0.4 is 0 Å². The smallest absolute Gasteiger partial charge is 0.159 e. The molecule has 0 aliphatic carbocycles. The van der Waals surface area contributed by atoms with Crippen LogP contribution in [0.2, 0.25) is 0 Å². The van der Waals surface area contributed by atoms with Gasteiger partial charge in [-0.2, -0.15) is 0 Å². The van der Waals surface area contributed by atoms with Gasteiger partial charge in [0.1, 0.15) is 17.6 Å². The molecule has 0 spiro atoms. The van der Waals surface area contributed by atoms with Crippen LogP contribution in [-0.2, 0) is 0 Å². The van der Waals surface area contributed by atoms with Crippen molar-refractivity contribution in [1.82, 2.24) is 0 Å². The van der Waals surface area contributed by atoms with E-state index >= 15 is 0 Å². The quantitative estimate of drug-likeness (QED) is 0.871. The Morgan fingerprint density at radius 1 is 1.12 bits per heavy atom. The zero-order valence-electron chi connectivity index (χ0n) is 9.50. The Hall–Kier alpha value is -1.68. The van der Waals surface area contributed by atoms with E-state index in [1.807, 2.05) is 0 Å². The summed E-state index contributed by atoms with van der Waals surface area (Å²) in [6.07, 6.45) is -1.01. The van der Waals surface area contributed by atoms with Crippen molar-refractivity contribution in [1.29, 1.82) is 0 Å². The molecule has 1 atom stereocenters. The van der Waals surface area contributed by atoms with Gasteiger partial charge in [0.2, 0.25) is 0 Å². The summed E-state index contributed by atoms with van der Waals surface area (Å²) >= 11 is 0. The van der Waals surface area contributed by atoms with E-state index in [1.54, 1.807) is 19.9 Å². The molecule has 90 valence electrons. The third-order valence-corrected chi connectivity index (χ3v) is 2.63. The van der Waals surface area contributed by atoms with Crippen LogP contribution in [0, 0.1) is 25.5 Å². The highest BCUT2D eigenvalue weighted by Crippen LogP contribution is 2.27. The van der Waals surface area contributed by atoms with Gasteiger partial charge in [0.25, 0.3) is 0 Å². The van der Waals surface area contributed by atoms with Gasteiger partial charge < -0.3 is 9.52 Å². The number of hydrogen-bond acceptors (Lipinski definition) is 2. The predicted octanol–water partition coefficient (Wildman–Crippen LogP) is 3.26. The highest BCUT2D eigenvalue weighted by atomic mass is 19.2. The van der Waals surface area contributed by atoms with Crippen LogP contribution in [0.3, 0.4) is 0 Å². The summed E-state index contributed by atoms with van der Waals surface area (Å²) in [6, 6.07) is 5.02. The summed E-state index contributed by atoms with van der Waals surface area (Å²) in [7, 11) is 0. The number of halogens is 2. The second kappa shape index (κ2) is 4.30. The van der Waals surface area contributed by atoms with Gasteiger partial charge in [0.05, 0.1) is 0 Å². The summed E-state index contributed by atoms with van der Waals surface area (Å²) in [6.45, 7) is 3.47. The highest BCUT2D eigenvalue weighted by molar-refractivity contribution is 5.33. The van der Waals surface area contributed by atoms with E-state index in [2.05, 4.69) is 0 Å². The van der Waals surface area contributed by atoms with E-state index in [-0.39, 0.29) is 0 Å². The van der Waals surface area contributed by atoms with E-state index in [0.29, 0.717) is 22.6 Å². The van der Waals surface area contributed by atoms with Gasteiger partial charge in [0.15, 0.2) is 11.6 Å². The standard InChI is InChI=1S/C13H12F2O2/c1-7-5-10(8(2)17-7)13(16)9-3-4-11(14)12(15)6-9/h3-6,13,16H,1-2H3. The fourth-order valence-electron chi connectivity index (χ4n) is 1.78. The lowest BCUT2D eigenvalue weighted by Crippen LogP contribution is -2.01. The second-order valence-electron chi connectivity index (χ2n) is 3.94. The molecule has 1 N–H and O–H groups in total. The number of furan rings is 1. The van der Waals surface area contributed by atoms with E-state index < -0.39 is 17.7 Å².